The summed E-state index contributed by atoms with van der Waals surface area (Å²) in [6.07, 6.45) is 4.62. The SMILES string of the molecule is COC(=O)CCc1cnc2n1CCN(C(=O)Nc1cn(C)c3ccccc13)C2. The van der Waals surface area contributed by atoms with Gasteiger partial charge in [0.1, 0.15) is 5.82 Å². The number of anilines is 1. The van der Waals surface area contributed by atoms with Crippen LogP contribution in [0.25, 0.3) is 10.9 Å². The maximum Gasteiger partial charge on any atom is 0.322 e. The summed E-state index contributed by atoms with van der Waals surface area (Å²) in [5.41, 5.74) is 2.87. The summed E-state index contributed by atoms with van der Waals surface area (Å²) in [5.74, 6) is 0.599. The van der Waals surface area contributed by atoms with E-state index in [2.05, 4.69) is 14.9 Å². The number of benzene rings is 1. The lowest BCUT2D eigenvalue weighted by molar-refractivity contribution is -0.140. The summed E-state index contributed by atoms with van der Waals surface area (Å²) in [6.45, 7) is 1.69. The Kier molecular flexibility index (Phi) is 4.77. The fourth-order valence-electron chi connectivity index (χ4n) is 3.66. The van der Waals surface area contributed by atoms with E-state index in [0.29, 0.717) is 32.5 Å². The number of esters is 1. The molecule has 1 N–H and O–H groups in total. The van der Waals surface area contributed by atoms with Crippen LogP contribution in [0.15, 0.2) is 36.7 Å². The van der Waals surface area contributed by atoms with E-state index in [1.807, 2.05) is 42.1 Å². The van der Waals surface area contributed by atoms with Gasteiger partial charge < -0.3 is 24.1 Å². The minimum atomic E-state index is -0.234. The second kappa shape index (κ2) is 7.38. The molecule has 0 unspecified atom stereocenters. The number of aromatic nitrogens is 3. The van der Waals surface area contributed by atoms with Gasteiger partial charge in [-0.2, -0.15) is 0 Å². The molecule has 0 fully saturated rings. The molecule has 3 heterocycles. The van der Waals surface area contributed by atoms with Crippen LogP contribution in [-0.2, 0) is 36.1 Å². The minimum absolute atomic E-state index is 0.137. The number of hydrogen-bond acceptors (Lipinski definition) is 4. The first-order valence-electron chi connectivity index (χ1n) is 9.27. The molecule has 1 aromatic carbocycles. The molecule has 0 atom stereocenters. The maximum absolute atomic E-state index is 12.8. The first-order chi connectivity index (χ1) is 13.6. The Bertz CT molecular complexity index is 1040. The van der Waals surface area contributed by atoms with Crippen molar-refractivity contribution in [3.05, 3.63) is 48.2 Å². The number of para-hydroxylation sites is 1. The van der Waals surface area contributed by atoms with Gasteiger partial charge in [-0.3, -0.25) is 4.79 Å². The Morgan fingerprint density at radius 1 is 1.25 bits per heavy atom. The largest absolute Gasteiger partial charge is 0.469 e. The van der Waals surface area contributed by atoms with Gasteiger partial charge in [0.2, 0.25) is 0 Å². The van der Waals surface area contributed by atoms with E-state index >= 15 is 0 Å². The highest BCUT2D eigenvalue weighted by Crippen LogP contribution is 2.25. The van der Waals surface area contributed by atoms with Crippen molar-refractivity contribution in [3.8, 4) is 0 Å². The van der Waals surface area contributed by atoms with Gasteiger partial charge in [-0.05, 0) is 12.5 Å². The first kappa shape index (κ1) is 18.1. The monoisotopic (exact) mass is 381 g/mol. The molecule has 28 heavy (non-hydrogen) atoms. The standard InChI is InChI=1S/C20H23N5O3/c1-23-12-16(15-5-3-4-6-17(15)23)22-20(27)24-9-10-25-14(7-8-19(26)28-2)11-21-18(25)13-24/h3-6,11-12H,7-10,13H2,1-2H3,(H,22,27). The summed E-state index contributed by atoms with van der Waals surface area (Å²) in [5, 5.41) is 4.04. The molecule has 2 amide bonds. The van der Waals surface area contributed by atoms with Crippen molar-refractivity contribution in [3.63, 3.8) is 0 Å². The van der Waals surface area contributed by atoms with Crippen molar-refractivity contribution in [2.75, 3.05) is 19.0 Å². The van der Waals surface area contributed by atoms with Crippen molar-refractivity contribution in [2.45, 2.75) is 25.9 Å². The molecule has 146 valence electrons. The highest BCUT2D eigenvalue weighted by atomic mass is 16.5. The summed E-state index contributed by atoms with van der Waals surface area (Å²) in [4.78, 5) is 30.4. The Morgan fingerprint density at radius 2 is 2.07 bits per heavy atom. The highest BCUT2D eigenvalue weighted by molar-refractivity contribution is 6.01. The van der Waals surface area contributed by atoms with E-state index in [-0.39, 0.29) is 12.0 Å². The van der Waals surface area contributed by atoms with Crippen molar-refractivity contribution in [1.82, 2.24) is 19.0 Å². The van der Waals surface area contributed by atoms with E-state index < -0.39 is 0 Å². The Balaban J connectivity index is 1.45. The molecule has 0 spiro atoms. The van der Waals surface area contributed by atoms with Crippen LogP contribution in [0, 0.1) is 0 Å². The third-order valence-corrected chi connectivity index (χ3v) is 5.19. The maximum atomic E-state index is 12.8. The second-order valence-electron chi connectivity index (χ2n) is 6.92. The smallest absolute Gasteiger partial charge is 0.322 e. The topological polar surface area (TPSA) is 81.4 Å². The van der Waals surface area contributed by atoms with E-state index in [1.54, 1.807) is 11.1 Å². The number of rotatable bonds is 4. The van der Waals surface area contributed by atoms with E-state index in [0.717, 1.165) is 28.1 Å². The Labute approximate surface area is 162 Å². The molecule has 1 aliphatic rings. The number of imidazole rings is 1. The Hall–Kier alpha value is -3.29. The number of ether oxygens (including phenoxy) is 1. The molecule has 3 aromatic rings. The summed E-state index contributed by atoms with van der Waals surface area (Å²) < 4.78 is 8.79. The molecule has 0 bridgehead atoms. The summed E-state index contributed by atoms with van der Waals surface area (Å²) >= 11 is 0. The van der Waals surface area contributed by atoms with E-state index in [9.17, 15) is 9.59 Å². The van der Waals surface area contributed by atoms with Crippen LogP contribution in [0.5, 0.6) is 0 Å². The molecule has 1 aliphatic heterocycles. The number of hydrogen-bond donors (Lipinski definition) is 1. The molecule has 2 aromatic heterocycles. The van der Waals surface area contributed by atoms with Gasteiger partial charge in [-0.1, -0.05) is 18.2 Å². The van der Waals surface area contributed by atoms with Crippen LogP contribution in [0.2, 0.25) is 0 Å². The van der Waals surface area contributed by atoms with Crippen LogP contribution in [0.1, 0.15) is 17.9 Å². The number of methoxy groups -OCH3 is 1. The predicted molar refractivity (Wildman–Crippen MR) is 105 cm³/mol. The molecule has 0 saturated carbocycles. The van der Waals surface area contributed by atoms with Crippen LogP contribution < -0.4 is 5.32 Å². The number of nitrogens with zero attached hydrogens (tertiary/aromatic N) is 4. The fraction of sp³-hybridized carbons (Fsp3) is 0.350. The van der Waals surface area contributed by atoms with Crippen molar-refractivity contribution in [1.29, 1.82) is 0 Å². The lowest BCUT2D eigenvalue weighted by Gasteiger charge is -2.28. The normalized spacial score (nSPS) is 13.4. The third kappa shape index (κ3) is 3.33. The van der Waals surface area contributed by atoms with Crippen LogP contribution >= 0.6 is 0 Å². The number of aryl methyl sites for hydroxylation is 2. The molecule has 0 radical (unpaired) electrons. The summed E-state index contributed by atoms with van der Waals surface area (Å²) in [7, 11) is 3.35. The average Bonchev–Trinajstić information content (AvgIpc) is 3.27. The van der Waals surface area contributed by atoms with Crippen LogP contribution in [0.3, 0.4) is 0 Å². The third-order valence-electron chi connectivity index (χ3n) is 5.19. The average molecular weight is 381 g/mol. The van der Waals surface area contributed by atoms with Gasteiger partial charge in [-0.15, -0.1) is 0 Å². The van der Waals surface area contributed by atoms with Gasteiger partial charge >= 0.3 is 12.0 Å². The van der Waals surface area contributed by atoms with Crippen LogP contribution in [-0.4, -0.2) is 44.7 Å². The van der Waals surface area contributed by atoms with Gasteiger partial charge in [0.25, 0.3) is 0 Å². The highest BCUT2D eigenvalue weighted by Gasteiger charge is 2.24. The zero-order chi connectivity index (χ0) is 19.7. The fourth-order valence-corrected chi connectivity index (χ4v) is 3.66. The molecule has 0 aliphatic carbocycles. The van der Waals surface area contributed by atoms with Gasteiger partial charge in [-0.25, -0.2) is 9.78 Å². The number of carbonyl (C=O) groups excluding carboxylic acids is 2. The number of nitrogens with one attached hydrogen (secondary N) is 1. The summed E-state index contributed by atoms with van der Waals surface area (Å²) in [6, 6.07) is 7.84. The van der Waals surface area contributed by atoms with Crippen molar-refractivity contribution in [2.24, 2.45) is 7.05 Å². The molecule has 8 nitrogen and oxygen atoms in total. The van der Waals surface area contributed by atoms with Gasteiger partial charge in [0, 0.05) is 49.1 Å². The zero-order valence-electron chi connectivity index (χ0n) is 16.0. The molecular weight excluding hydrogens is 358 g/mol. The van der Waals surface area contributed by atoms with Crippen molar-refractivity contribution < 1.29 is 14.3 Å². The number of amides is 2. The van der Waals surface area contributed by atoms with E-state index in [1.165, 1.54) is 7.11 Å². The minimum Gasteiger partial charge on any atom is -0.469 e. The molecule has 8 heteroatoms. The number of fused-ring (bicyclic) bond motifs is 2. The lowest BCUT2D eigenvalue weighted by Crippen LogP contribution is -2.41. The first-order valence-corrected chi connectivity index (χ1v) is 9.27. The van der Waals surface area contributed by atoms with Gasteiger partial charge in [0.05, 0.1) is 25.8 Å². The lowest BCUT2D eigenvalue weighted by atomic mass is 10.2. The quantitative estimate of drug-likeness (QED) is 0.704. The number of urea groups is 1. The molecular formula is C20H23N5O3. The second-order valence-corrected chi connectivity index (χ2v) is 6.92. The Morgan fingerprint density at radius 3 is 2.89 bits per heavy atom. The molecule has 0 saturated heterocycles. The van der Waals surface area contributed by atoms with E-state index in [4.69, 9.17) is 4.74 Å². The van der Waals surface area contributed by atoms with Crippen molar-refractivity contribution >= 4 is 28.6 Å². The number of carbonyl (C=O) groups is 2. The van der Waals surface area contributed by atoms with Gasteiger partial charge in [0.15, 0.2) is 0 Å². The predicted octanol–water partition coefficient (Wildman–Crippen LogP) is 2.53. The molecule has 4 rings (SSSR count). The van der Waals surface area contributed by atoms with Crippen LogP contribution in [0.4, 0.5) is 10.5 Å². The zero-order valence-corrected chi connectivity index (χ0v) is 16.0.